The van der Waals surface area contributed by atoms with Crippen molar-refractivity contribution in [3.63, 3.8) is 0 Å². The number of carbonyl (C=O) groups excluding carboxylic acids is 1. The first-order chi connectivity index (χ1) is 8.54. The Balaban J connectivity index is 2.85. The van der Waals surface area contributed by atoms with E-state index in [0.29, 0.717) is 5.96 Å². The summed E-state index contributed by atoms with van der Waals surface area (Å²) in [6.45, 7) is 3.74. The molecule has 0 saturated carbocycles. The molecular formula is C12H19N5O. The third-order valence-corrected chi connectivity index (χ3v) is 2.36. The van der Waals surface area contributed by atoms with Gasteiger partial charge in [0, 0.05) is 5.69 Å². The third kappa shape index (κ3) is 4.06. The van der Waals surface area contributed by atoms with E-state index < -0.39 is 11.9 Å². The highest BCUT2D eigenvalue weighted by Gasteiger charge is 2.19. The Bertz CT molecular complexity index is 416. The van der Waals surface area contributed by atoms with Gasteiger partial charge >= 0.3 is 0 Å². The fraction of sp³-hybridized carbons (Fsp3) is 0.333. The summed E-state index contributed by atoms with van der Waals surface area (Å²) >= 11 is 0. The number of carbonyl (C=O) groups is 1. The molecule has 0 aliphatic carbocycles. The van der Waals surface area contributed by atoms with Crippen LogP contribution in [-0.4, -0.2) is 17.9 Å². The number of nitrogens with zero attached hydrogens (tertiary/aromatic N) is 1. The Morgan fingerprint density at radius 3 is 2.33 bits per heavy atom. The van der Waals surface area contributed by atoms with Gasteiger partial charge in [-0.3, -0.25) is 10.2 Å². The summed E-state index contributed by atoms with van der Waals surface area (Å²) in [6.07, 6.45) is 0. The Morgan fingerprint density at radius 2 is 1.89 bits per heavy atom. The predicted octanol–water partition coefficient (Wildman–Crippen LogP) is 0.428. The van der Waals surface area contributed by atoms with Gasteiger partial charge in [-0.1, -0.05) is 32.0 Å². The molecule has 6 N–H and O–H groups in total. The fourth-order valence-electron chi connectivity index (χ4n) is 1.44. The first-order valence-corrected chi connectivity index (χ1v) is 5.70. The van der Waals surface area contributed by atoms with Gasteiger partial charge in [0.25, 0.3) is 0 Å². The lowest BCUT2D eigenvalue weighted by Crippen LogP contribution is -2.40. The second-order valence-electron chi connectivity index (χ2n) is 4.20. The molecule has 0 radical (unpaired) electrons. The quantitative estimate of drug-likeness (QED) is 0.269. The molecule has 0 heterocycles. The monoisotopic (exact) mass is 249 g/mol. The normalized spacial score (nSPS) is 13.2. The zero-order valence-electron chi connectivity index (χ0n) is 10.6. The Morgan fingerprint density at radius 1 is 1.28 bits per heavy atom. The van der Waals surface area contributed by atoms with Crippen molar-refractivity contribution in [1.82, 2.24) is 5.43 Å². The number of para-hydroxylation sites is 1. The Hall–Kier alpha value is -2.08. The maximum atomic E-state index is 11.3. The maximum Gasteiger partial charge on any atom is 0.242 e. The van der Waals surface area contributed by atoms with E-state index in [4.69, 9.17) is 11.6 Å². The van der Waals surface area contributed by atoms with Crippen molar-refractivity contribution in [3.8, 4) is 0 Å². The minimum atomic E-state index is -0.618. The average molecular weight is 249 g/mol. The van der Waals surface area contributed by atoms with Crippen LogP contribution < -0.4 is 22.3 Å². The van der Waals surface area contributed by atoms with Crippen LogP contribution in [0.1, 0.15) is 13.8 Å². The summed E-state index contributed by atoms with van der Waals surface area (Å²) in [6, 6.07) is 8.77. The summed E-state index contributed by atoms with van der Waals surface area (Å²) in [5, 5.41) is 2.98. The summed E-state index contributed by atoms with van der Waals surface area (Å²) < 4.78 is 0. The summed E-state index contributed by atoms with van der Waals surface area (Å²) in [5.74, 6) is 5.20. The highest BCUT2D eigenvalue weighted by Crippen LogP contribution is 2.08. The number of anilines is 1. The highest BCUT2D eigenvalue weighted by molar-refractivity contribution is 5.95. The van der Waals surface area contributed by atoms with Crippen LogP contribution in [0.4, 0.5) is 5.69 Å². The van der Waals surface area contributed by atoms with Crippen molar-refractivity contribution in [2.24, 2.45) is 22.5 Å². The molecule has 0 bridgehead atoms. The molecule has 0 aliphatic heterocycles. The molecule has 0 spiro atoms. The number of rotatable bonds is 4. The number of hydrazine groups is 1. The molecule has 1 aromatic rings. The molecule has 0 fully saturated rings. The van der Waals surface area contributed by atoms with Crippen molar-refractivity contribution in [2.45, 2.75) is 19.9 Å². The van der Waals surface area contributed by atoms with E-state index in [9.17, 15) is 4.79 Å². The van der Waals surface area contributed by atoms with E-state index >= 15 is 0 Å². The van der Waals surface area contributed by atoms with Crippen LogP contribution >= 0.6 is 0 Å². The van der Waals surface area contributed by atoms with Crippen LogP contribution in [0.2, 0.25) is 0 Å². The SMILES string of the molecule is CC(C)C(N=C(NN)Nc1ccccc1)C(N)=O. The largest absolute Gasteiger partial charge is 0.368 e. The predicted molar refractivity (Wildman–Crippen MR) is 72.6 cm³/mol. The molecule has 1 rings (SSSR count). The van der Waals surface area contributed by atoms with Gasteiger partial charge < -0.3 is 11.1 Å². The molecule has 18 heavy (non-hydrogen) atoms. The van der Waals surface area contributed by atoms with Gasteiger partial charge in [0.15, 0.2) is 0 Å². The van der Waals surface area contributed by atoms with Crippen molar-refractivity contribution < 1.29 is 4.79 Å². The summed E-state index contributed by atoms with van der Waals surface area (Å²) in [7, 11) is 0. The molecular weight excluding hydrogens is 230 g/mol. The lowest BCUT2D eigenvalue weighted by atomic mass is 10.1. The lowest BCUT2D eigenvalue weighted by Gasteiger charge is -2.16. The molecule has 1 aromatic carbocycles. The van der Waals surface area contributed by atoms with Crippen molar-refractivity contribution in [2.75, 3.05) is 5.32 Å². The number of aliphatic imine (C=N–C) groups is 1. The number of primary amides is 1. The number of guanidine groups is 1. The first kappa shape index (κ1) is 14.0. The number of benzene rings is 1. The molecule has 1 amide bonds. The number of hydrogen-bond donors (Lipinski definition) is 4. The van der Waals surface area contributed by atoms with Crippen molar-refractivity contribution in [1.29, 1.82) is 0 Å². The fourth-order valence-corrected chi connectivity index (χ4v) is 1.44. The lowest BCUT2D eigenvalue weighted by molar-refractivity contribution is -0.120. The average Bonchev–Trinajstić information content (AvgIpc) is 2.34. The van der Waals surface area contributed by atoms with E-state index in [1.165, 1.54) is 0 Å². The van der Waals surface area contributed by atoms with Gasteiger partial charge in [0.2, 0.25) is 11.9 Å². The van der Waals surface area contributed by atoms with Crippen LogP contribution in [0.25, 0.3) is 0 Å². The molecule has 98 valence electrons. The molecule has 0 saturated heterocycles. The number of hydrogen-bond acceptors (Lipinski definition) is 3. The van der Waals surface area contributed by atoms with Crippen LogP contribution in [-0.2, 0) is 4.79 Å². The molecule has 6 heteroatoms. The smallest absolute Gasteiger partial charge is 0.242 e. The van der Waals surface area contributed by atoms with Gasteiger partial charge in [-0.2, -0.15) is 0 Å². The first-order valence-electron chi connectivity index (χ1n) is 5.70. The van der Waals surface area contributed by atoms with Crippen LogP contribution in [0.15, 0.2) is 35.3 Å². The van der Waals surface area contributed by atoms with E-state index in [1.807, 2.05) is 44.2 Å². The summed E-state index contributed by atoms with van der Waals surface area (Å²) in [5.41, 5.74) is 8.53. The molecule has 0 aromatic heterocycles. The number of nitrogens with one attached hydrogen (secondary N) is 2. The number of nitrogens with two attached hydrogens (primary N) is 2. The maximum absolute atomic E-state index is 11.3. The van der Waals surface area contributed by atoms with Crippen LogP contribution in [0.5, 0.6) is 0 Å². The molecule has 1 atom stereocenters. The second kappa shape index (κ2) is 6.61. The van der Waals surface area contributed by atoms with Gasteiger partial charge in [-0.15, -0.1) is 0 Å². The van der Waals surface area contributed by atoms with Gasteiger partial charge in [-0.25, -0.2) is 10.8 Å². The highest BCUT2D eigenvalue weighted by atomic mass is 16.1. The van der Waals surface area contributed by atoms with Gasteiger partial charge in [-0.05, 0) is 18.1 Å². The van der Waals surface area contributed by atoms with E-state index in [1.54, 1.807) is 0 Å². The minimum absolute atomic E-state index is 0.00317. The molecule has 6 nitrogen and oxygen atoms in total. The van der Waals surface area contributed by atoms with E-state index in [-0.39, 0.29) is 5.92 Å². The Kier molecular flexibility index (Phi) is 5.13. The number of amides is 1. The van der Waals surface area contributed by atoms with E-state index in [2.05, 4.69) is 15.7 Å². The summed E-state index contributed by atoms with van der Waals surface area (Å²) in [4.78, 5) is 15.4. The zero-order chi connectivity index (χ0) is 13.5. The standard InChI is InChI=1S/C12H19N5O/c1-8(2)10(11(13)18)16-12(17-14)15-9-6-4-3-5-7-9/h3-8,10H,14H2,1-2H3,(H2,13,18)(H2,15,16,17). The van der Waals surface area contributed by atoms with E-state index in [0.717, 1.165) is 5.69 Å². The second-order valence-corrected chi connectivity index (χ2v) is 4.20. The third-order valence-electron chi connectivity index (χ3n) is 2.36. The Labute approximate surface area is 106 Å². The van der Waals surface area contributed by atoms with Crippen molar-refractivity contribution in [3.05, 3.63) is 30.3 Å². The zero-order valence-corrected chi connectivity index (χ0v) is 10.6. The molecule has 0 aliphatic rings. The minimum Gasteiger partial charge on any atom is -0.368 e. The van der Waals surface area contributed by atoms with Gasteiger partial charge in [0.1, 0.15) is 6.04 Å². The van der Waals surface area contributed by atoms with Crippen molar-refractivity contribution >= 4 is 17.6 Å². The van der Waals surface area contributed by atoms with Gasteiger partial charge in [0.05, 0.1) is 0 Å². The molecule has 1 unspecified atom stereocenters. The van der Waals surface area contributed by atoms with Crippen LogP contribution in [0.3, 0.4) is 0 Å². The topological polar surface area (TPSA) is 106 Å². The van der Waals surface area contributed by atoms with Crippen LogP contribution in [0, 0.1) is 5.92 Å².